The van der Waals surface area contributed by atoms with Crippen LogP contribution in [-0.2, 0) is 10.3 Å². The number of allylic oxidation sites excluding steroid dienone is 4. The molecule has 0 aromatic heterocycles. The SMILES string of the molecule is ClC1(c2ccccc2)C=CC2=C(C1)C1(c3ccccc32)c2ccccc2-c2ccccc21. The lowest BCUT2D eigenvalue weighted by atomic mass is 9.66. The zero-order valence-corrected chi connectivity index (χ0v) is 18.3. The normalized spacial score (nSPS) is 21.3. The van der Waals surface area contributed by atoms with Crippen molar-refractivity contribution in [3.8, 4) is 11.1 Å². The van der Waals surface area contributed by atoms with Crippen LogP contribution in [0, 0.1) is 0 Å². The lowest BCUT2D eigenvalue weighted by molar-refractivity contribution is 0.644. The van der Waals surface area contributed by atoms with Gasteiger partial charge in [-0.05, 0) is 56.5 Å². The Morgan fingerprint density at radius 2 is 1.06 bits per heavy atom. The van der Waals surface area contributed by atoms with E-state index in [4.69, 9.17) is 11.6 Å². The van der Waals surface area contributed by atoms with Crippen molar-refractivity contribution >= 4 is 17.2 Å². The fraction of sp³-hybridized carbons (Fsp3) is 0.0968. The van der Waals surface area contributed by atoms with Crippen LogP contribution in [0.1, 0.15) is 34.2 Å². The number of hydrogen-bond donors (Lipinski definition) is 0. The van der Waals surface area contributed by atoms with Crippen LogP contribution in [0.3, 0.4) is 0 Å². The largest absolute Gasteiger partial charge is 0.109 e. The molecule has 1 heteroatoms. The van der Waals surface area contributed by atoms with Crippen LogP contribution < -0.4 is 0 Å². The number of halogens is 1. The Hall–Kier alpha value is -3.35. The maximum atomic E-state index is 7.40. The van der Waals surface area contributed by atoms with Gasteiger partial charge in [0, 0.05) is 0 Å². The first-order valence-electron chi connectivity index (χ1n) is 11.2. The summed E-state index contributed by atoms with van der Waals surface area (Å²) in [4.78, 5) is -0.554. The first kappa shape index (κ1) is 18.2. The minimum atomic E-state index is -0.554. The number of fused-ring (bicyclic) bond motifs is 9. The summed E-state index contributed by atoms with van der Waals surface area (Å²) in [5.41, 5.74) is 11.7. The van der Waals surface area contributed by atoms with E-state index in [9.17, 15) is 0 Å². The van der Waals surface area contributed by atoms with Gasteiger partial charge < -0.3 is 0 Å². The minimum absolute atomic E-state index is 0.293. The standard InChI is InChI=1S/C31H21Cl/c32-30(21-10-2-1-3-11-21)19-18-25-24-14-6-9-17-28(24)31(29(25)20-30)26-15-7-4-12-22(26)23-13-5-8-16-27(23)31/h1-19H,20H2. The van der Waals surface area contributed by atoms with Gasteiger partial charge in [-0.25, -0.2) is 0 Å². The summed E-state index contributed by atoms with van der Waals surface area (Å²) in [5, 5.41) is 0. The molecule has 0 amide bonds. The average molecular weight is 429 g/mol. The summed E-state index contributed by atoms with van der Waals surface area (Å²) >= 11 is 7.40. The van der Waals surface area contributed by atoms with Crippen molar-refractivity contribution in [2.45, 2.75) is 16.7 Å². The van der Waals surface area contributed by atoms with Crippen molar-refractivity contribution in [3.63, 3.8) is 0 Å². The summed E-state index contributed by atoms with van der Waals surface area (Å²) in [5.74, 6) is 0. The van der Waals surface area contributed by atoms with E-state index in [0.29, 0.717) is 0 Å². The molecule has 0 N–H and O–H groups in total. The summed E-state index contributed by atoms with van der Waals surface area (Å²) in [6.45, 7) is 0. The third-order valence-corrected chi connectivity index (χ3v) is 8.03. The Morgan fingerprint density at radius 3 is 1.69 bits per heavy atom. The minimum Gasteiger partial charge on any atom is -0.109 e. The second-order valence-corrected chi connectivity index (χ2v) is 9.69. The molecule has 3 aliphatic carbocycles. The van der Waals surface area contributed by atoms with Crippen molar-refractivity contribution in [1.82, 2.24) is 0 Å². The van der Waals surface area contributed by atoms with Gasteiger partial charge in [0.25, 0.3) is 0 Å². The predicted molar refractivity (Wildman–Crippen MR) is 133 cm³/mol. The van der Waals surface area contributed by atoms with Gasteiger partial charge in [0.1, 0.15) is 0 Å². The quantitative estimate of drug-likeness (QED) is 0.270. The zero-order chi connectivity index (χ0) is 21.3. The van der Waals surface area contributed by atoms with Crippen molar-refractivity contribution < 1.29 is 0 Å². The van der Waals surface area contributed by atoms with Crippen LogP contribution in [-0.4, -0.2) is 0 Å². The molecule has 0 nitrogen and oxygen atoms in total. The molecule has 1 spiro atoms. The van der Waals surface area contributed by atoms with Crippen molar-refractivity contribution in [1.29, 1.82) is 0 Å². The molecule has 0 bridgehead atoms. The Balaban J connectivity index is 1.57. The van der Waals surface area contributed by atoms with E-state index in [1.807, 2.05) is 0 Å². The van der Waals surface area contributed by atoms with Crippen LogP contribution in [0.25, 0.3) is 16.7 Å². The monoisotopic (exact) mass is 428 g/mol. The molecule has 4 aromatic carbocycles. The van der Waals surface area contributed by atoms with Crippen LogP contribution in [0.4, 0.5) is 0 Å². The molecule has 0 heterocycles. The Morgan fingerprint density at radius 1 is 0.562 bits per heavy atom. The maximum absolute atomic E-state index is 7.40. The first-order chi connectivity index (χ1) is 15.7. The van der Waals surface area contributed by atoms with E-state index in [1.54, 1.807) is 0 Å². The zero-order valence-electron chi connectivity index (χ0n) is 17.6. The van der Waals surface area contributed by atoms with E-state index >= 15 is 0 Å². The van der Waals surface area contributed by atoms with Crippen molar-refractivity contribution in [2.24, 2.45) is 0 Å². The Kier molecular flexibility index (Phi) is 3.62. The first-order valence-corrected chi connectivity index (χ1v) is 11.6. The molecule has 0 radical (unpaired) electrons. The molecule has 0 aliphatic heterocycles. The van der Waals surface area contributed by atoms with Gasteiger partial charge >= 0.3 is 0 Å². The second-order valence-electron chi connectivity index (χ2n) is 9.02. The smallest absolute Gasteiger partial charge is 0.0916 e. The highest BCUT2D eigenvalue weighted by Gasteiger charge is 2.54. The highest BCUT2D eigenvalue weighted by molar-refractivity contribution is 6.26. The van der Waals surface area contributed by atoms with Crippen LogP contribution in [0.15, 0.2) is 121 Å². The van der Waals surface area contributed by atoms with Crippen molar-refractivity contribution in [3.05, 3.63) is 149 Å². The molecule has 3 aliphatic rings. The van der Waals surface area contributed by atoms with E-state index in [-0.39, 0.29) is 5.41 Å². The third-order valence-electron chi connectivity index (χ3n) is 7.55. The molecular formula is C31H21Cl. The van der Waals surface area contributed by atoms with Crippen LogP contribution in [0.5, 0.6) is 0 Å². The van der Waals surface area contributed by atoms with Gasteiger partial charge in [0.15, 0.2) is 0 Å². The molecular weight excluding hydrogens is 408 g/mol. The second kappa shape index (κ2) is 6.34. The lowest BCUT2D eigenvalue weighted by Gasteiger charge is -2.37. The molecule has 32 heavy (non-hydrogen) atoms. The summed E-state index contributed by atoms with van der Waals surface area (Å²) in [7, 11) is 0. The van der Waals surface area contributed by atoms with Gasteiger partial charge in [0.05, 0.1) is 10.3 Å². The summed E-state index contributed by atoms with van der Waals surface area (Å²) < 4.78 is 0. The van der Waals surface area contributed by atoms with Gasteiger partial charge in [0.2, 0.25) is 0 Å². The molecule has 4 aromatic rings. The van der Waals surface area contributed by atoms with Gasteiger partial charge in [-0.1, -0.05) is 115 Å². The van der Waals surface area contributed by atoms with Crippen LogP contribution >= 0.6 is 11.6 Å². The predicted octanol–water partition coefficient (Wildman–Crippen LogP) is 7.86. The van der Waals surface area contributed by atoms with Gasteiger partial charge in [-0.3, -0.25) is 0 Å². The summed E-state index contributed by atoms with van der Waals surface area (Å²) in [6.07, 6.45) is 5.25. The third kappa shape index (κ3) is 2.13. The number of benzene rings is 4. The topological polar surface area (TPSA) is 0 Å². The maximum Gasteiger partial charge on any atom is 0.0916 e. The van der Waals surface area contributed by atoms with E-state index in [2.05, 4.69) is 115 Å². The number of rotatable bonds is 1. The Labute approximate surface area is 193 Å². The molecule has 0 fully saturated rings. The van der Waals surface area contributed by atoms with Gasteiger partial charge in [-0.15, -0.1) is 11.6 Å². The summed E-state index contributed by atoms with van der Waals surface area (Å²) in [6, 6.07) is 37.3. The number of alkyl halides is 1. The highest BCUT2D eigenvalue weighted by Crippen LogP contribution is 2.65. The van der Waals surface area contributed by atoms with Crippen molar-refractivity contribution in [2.75, 3.05) is 0 Å². The van der Waals surface area contributed by atoms with E-state index in [1.165, 1.54) is 44.5 Å². The molecule has 0 saturated heterocycles. The fourth-order valence-corrected chi connectivity index (χ4v) is 6.61. The lowest BCUT2D eigenvalue weighted by Crippen LogP contribution is -2.31. The highest BCUT2D eigenvalue weighted by atomic mass is 35.5. The van der Waals surface area contributed by atoms with Gasteiger partial charge in [-0.2, -0.15) is 0 Å². The van der Waals surface area contributed by atoms with E-state index in [0.717, 1.165) is 12.0 Å². The Bertz CT molecular complexity index is 1410. The molecule has 152 valence electrons. The molecule has 1 atom stereocenters. The van der Waals surface area contributed by atoms with E-state index < -0.39 is 4.87 Å². The number of hydrogen-bond acceptors (Lipinski definition) is 0. The average Bonchev–Trinajstić information content (AvgIpc) is 3.31. The molecule has 7 rings (SSSR count). The fourth-order valence-electron chi connectivity index (χ4n) is 6.29. The molecule has 0 saturated carbocycles. The molecule has 1 unspecified atom stereocenters. The van der Waals surface area contributed by atoms with Crippen LogP contribution in [0.2, 0.25) is 0 Å².